The van der Waals surface area contributed by atoms with Crippen molar-refractivity contribution in [1.82, 2.24) is 0 Å². The molecule has 0 fully saturated rings. The van der Waals surface area contributed by atoms with E-state index in [1.807, 2.05) is 0 Å². The van der Waals surface area contributed by atoms with Crippen LogP contribution in [0.4, 0.5) is 0 Å². The zero-order valence-corrected chi connectivity index (χ0v) is 14.1. The summed E-state index contributed by atoms with van der Waals surface area (Å²) in [5.74, 6) is 0. The summed E-state index contributed by atoms with van der Waals surface area (Å²) < 4.78 is 6.10. The summed E-state index contributed by atoms with van der Waals surface area (Å²) in [6.45, 7) is 2.10. The average molecular weight is 322 g/mol. The van der Waals surface area contributed by atoms with Crippen LogP contribution in [0.15, 0.2) is 83.3 Å². The highest BCUT2D eigenvalue weighted by atomic mass is 16.3. The molecule has 0 radical (unpaired) electrons. The predicted octanol–water partition coefficient (Wildman–Crippen LogP) is 6.64. The number of aryl methyl sites for hydroxylation is 1. The largest absolute Gasteiger partial charge is 0.456 e. The first-order valence-corrected chi connectivity index (χ1v) is 8.66. The fourth-order valence-electron chi connectivity index (χ4n) is 3.71. The van der Waals surface area contributed by atoms with Gasteiger partial charge < -0.3 is 4.42 Å². The van der Waals surface area contributed by atoms with Crippen LogP contribution in [0.2, 0.25) is 0 Å². The van der Waals surface area contributed by atoms with Gasteiger partial charge in [-0.3, -0.25) is 0 Å². The molecule has 0 unspecified atom stereocenters. The van der Waals surface area contributed by atoms with E-state index in [0.717, 1.165) is 17.6 Å². The third-order valence-electron chi connectivity index (χ3n) is 4.97. The molecule has 5 aromatic rings. The van der Waals surface area contributed by atoms with Crippen molar-refractivity contribution in [3.05, 3.63) is 95.6 Å². The van der Waals surface area contributed by atoms with E-state index in [9.17, 15) is 0 Å². The SMILES string of the molecule is Cc1ccc2c(c1)oc1cc(Cc3cccc4ccccc34)ccc12. The van der Waals surface area contributed by atoms with Gasteiger partial charge in [-0.15, -0.1) is 0 Å². The van der Waals surface area contributed by atoms with E-state index in [4.69, 9.17) is 4.42 Å². The number of hydrogen-bond donors (Lipinski definition) is 0. The van der Waals surface area contributed by atoms with Gasteiger partial charge in [-0.1, -0.05) is 66.7 Å². The molecule has 0 N–H and O–H groups in total. The van der Waals surface area contributed by atoms with Crippen molar-refractivity contribution in [3.63, 3.8) is 0 Å². The first kappa shape index (κ1) is 14.3. The number of hydrogen-bond acceptors (Lipinski definition) is 1. The highest BCUT2D eigenvalue weighted by molar-refractivity contribution is 6.05. The third kappa shape index (κ3) is 2.40. The van der Waals surface area contributed by atoms with Gasteiger partial charge in [0.1, 0.15) is 11.2 Å². The molecule has 1 nitrogen and oxygen atoms in total. The fraction of sp³-hybridized carbons (Fsp3) is 0.0833. The molecule has 0 atom stereocenters. The molecule has 5 rings (SSSR count). The lowest BCUT2D eigenvalue weighted by atomic mass is 9.98. The first-order chi connectivity index (χ1) is 12.3. The summed E-state index contributed by atoms with van der Waals surface area (Å²) in [5.41, 5.74) is 5.79. The van der Waals surface area contributed by atoms with Gasteiger partial charge in [0, 0.05) is 10.8 Å². The highest BCUT2D eigenvalue weighted by Crippen LogP contribution is 2.31. The van der Waals surface area contributed by atoms with Crippen molar-refractivity contribution < 1.29 is 4.42 Å². The number of fused-ring (bicyclic) bond motifs is 4. The van der Waals surface area contributed by atoms with Crippen molar-refractivity contribution >= 4 is 32.7 Å². The lowest BCUT2D eigenvalue weighted by Gasteiger charge is -2.07. The van der Waals surface area contributed by atoms with E-state index in [1.54, 1.807) is 0 Å². The van der Waals surface area contributed by atoms with Crippen molar-refractivity contribution in [2.45, 2.75) is 13.3 Å². The maximum atomic E-state index is 6.10. The quantitative estimate of drug-likeness (QED) is 0.355. The van der Waals surface area contributed by atoms with E-state index in [-0.39, 0.29) is 0 Å². The van der Waals surface area contributed by atoms with Crippen LogP contribution >= 0.6 is 0 Å². The maximum Gasteiger partial charge on any atom is 0.135 e. The Morgan fingerprint density at radius 1 is 0.680 bits per heavy atom. The van der Waals surface area contributed by atoms with Crippen molar-refractivity contribution in [2.24, 2.45) is 0 Å². The highest BCUT2D eigenvalue weighted by Gasteiger charge is 2.09. The van der Waals surface area contributed by atoms with Gasteiger partial charge in [-0.2, -0.15) is 0 Å². The van der Waals surface area contributed by atoms with Crippen molar-refractivity contribution in [3.8, 4) is 0 Å². The van der Waals surface area contributed by atoms with Gasteiger partial charge in [0.15, 0.2) is 0 Å². The zero-order valence-electron chi connectivity index (χ0n) is 14.1. The predicted molar refractivity (Wildman–Crippen MR) is 105 cm³/mol. The molecule has 0 amide bonds. The van der Waals surface area contributed by atoms with Crippen LogP contribution < -0.4 is 0 Å². The van der Waals surface area contributed by atoms with Gasteiger partial charge in [0.25, 0.3) is 0 Å². The molecule has 0 aliphatic heterocycles. The van der Waals surface area contributed by atoms with Gasteiger partial charge in [-0.25, -0.2) is 0 Å². The summed E-state index contributed by atoms with van der Waals surface area (Å²) in [6.07, 6.45) is 0.910. The van der Waals surface area contributed by atoms with Crippen LogP contribution in [0.3, 0.4) is 0 Å². The molecule has 1 aromatic heterocycles. The Hall–Kier alpha value is -3.06. The smallest absolute Gasteiger partial charge is 0.135 e. The minimum absolute atomic E-state index is 0.910. The molecule has 1 heterocycles. The van der Waals surface area contributed by atoms with E-state index in [2.05, 4.69) is 85.8 Å². The summed E-state index contributed by atoms with van der Waals surface area (Å²) in [7, 11) is 0. The second kappa shape index (κ2) is 5.49. The van der Waals surface area contributed by atoms with Crippen LogP contribution in [0.25, 0.3) is 32.7 Å². The Kier molecular flexibility index (Phi) is 3.14. The Morgan fingerprint density at radius 2 is 1.44 bits per heavy atom. The molecule has 0 saturated heterocycles. The maximum absolute atomic E-state index is 6.10. The molecular formula is C24H18O. The second-order valence-corrected chi connectivity index (χ2v) is 6.75. The number of furan rings is 1. The Bertz CT molecular complexity index is 1220. The molecule has 25 heavy (non-hydrogen) atoms. The molecule has 120 valence electrons. The lowest BCUT2D eigenvalue weighted by Crippen LogP contribution is -1.89. The Labute approximate surface area is 146 Å². The molecule has 0 bridgehead atoms. The van der Waals surface area contributed by atoms with Gasteiger partial charge >= 0.3 is 0 Å². The number of rotatable bonds is 2. The topological polar surface area (TPSA) is 13.1 Å². The van der Waals surface area contributed by atoms with Gasteiger partial charge in [0.2, 0.25) is 0 Å². The summed E-state index contributed by atoms with van der Waals surface area (Å²) >= 11 is 0. The summed E-state index contributed by atoms with van der Waals surface area (Å²) in [4.78, 5) is 0. The van der Waals surface area contributed by atoms with E-state index in [1.165, 1.54) is 38.2 Å². The van der Waals surface area contributed by atoms with E-state index < -0.39 is 0 Å². The minimum atomic E-state index is 0.910. The zero-order chi connectivity index (χ0) is 16.8. The minimum Gasteiger partial charge on any atom is -0.456 e. The normalized spacial score (nSPS) is 11.6. The standard InChI is InChI=1S/C24H18O/c1-16-9-11-21-22-12-10-17(15-24(22)25-23(21)13-16)14-19-7-4-6-18-5-2-3-8-20(18)19/h2-13,15H,14H2,1H3. The number of benzene rings is 4. The monoisotopic (exact) mass is 322 g/mol. The van der Waals surface area contributed by atoms with Gasteiger partial charge in [-0.05, 0) is 52.9 Å². The van der Waals surface area contributed by atoms with Crippen molar-refractivity contribution in [1.29, 1.82) is 0 Å². The van der Waals surface area contributed by atoms with E-state index in [0.29, 0.717) is 0 Å². The molecule has 4 aromatic carbocycles. The summed E-state index contributed by atoms with van der Waals surface area (Å²) in [5, 5.41) is 5.00. The van der Waals surface area contributed by atoms with Gasteiger partial charge in [0.05, 0.1) is 0 Å². The first-order valence-electron chi connectivity index (χ1n) is 8.66. The lowest BCUT2D eigenvalue weighted by molar-refractivity contribution is 0.668. The van der Waals surface area contributed by atoms with Crippen LogP contribution in [-0.2, 0) is 6.42 Å². The van der Waals surface area contributed by atoms with Crippen LogP contribution in [0.1, 0.15) is 16.7 Å². The van der Waals surface area contributed by atoms with Crippen LogP contribution in [-0.4, -0.2) is 0 Å². The molecule has 0 aliphatic rings. The molecular weight excluding hydrogens is 304 g/mol. The Balaban J connectivity index is 1.62. The molecule has 0 aliphatic carbocycles. The average Bonchev–Trinajstić information content (AvgIpc) is 2.98. The van der Waals surface area contributed by atoms with Crippen molar-refractivity contribution in [2.75, 3.05) is 0 Å². The fourth-order valence-corrected chi connectivity index (χ4v) is 3.71. The summed E-state index contributed by atoms with van der Waals surface area (Å²) in [6, 6.07) is 28.1. The molecule has 1 heteroatoms. The third-order valence-corrected chi connectivity index (χ3v) is 4.97. The molecule has 0 saturated carbocycles. The molecule has 0 spiro atoms. The van der Waals surface area contributed by atoms with Crippen LogP contribution in [0.5, 0.6) is 0 Å². The Morgan fingerprint density at radius 3 is 2.36 bits per heavy atom. The van der Waals surface area contributed by atoms with E-state index >= 15 is 0 Å². The second-order valence-electron chi connectivity index (χ2n) is 6.75. The van der Waals surface area contributed by atoms with Crippen LogP contribution in [0, 0.1) is 6.92 Å².